The van der Waals surface area contributed by atoms with Crippen LogP contribution in [-0.2, 0) is 20.2 Å². The van der Waals surface area contributed by atoms with E-state index in [0.717, 1.165) is 5.56 Å². The van der Waals surface area contributed by atoms with E-state index in [-0.39, 0.29) is 24.6 Å². The Bertz CT molecular complexity index is 684. The lowest BCUT2D eigenvalue weighted by Gasteiger charge is -2.09. The molecule has 1 aromatic carbocycles. The van der Waals surface area contributed by atoms with Crippen molar-refractivity contribution in [3.63, 3.8) is 0 Å². The molecule has 0 spiro atoms. The van der Waals surface area contributed by atoms with Gasteiger partial charge in [0.25, 0.3) is 0 Å². The van der Waals surface area contributed by atoms with Gasteiger partial charge >= 0.3 is 5.69 Å². The van der Waals surface area contributed by atoms with Crippen molar-refractivity contribution in [2.24, 2.45) is 12.8 Å². The summed E-state index contributed by atoms with van der Waals surface area (Å²) in [4.78, 5) is 10.5. The van der Waals surface area contributed by atoms with Crippen LogP contribution in [0.15, 0.2) is 18.2 Å². The van der Waals surface area contributed by atoms with Gasteiger partial charge in [0.1, 0.15) is 6.61 Å². The van der Waals surface area contributed by atoms with Crippen molar-refractivity contribution < 1.29 is 9.66 Å². The van der Waals surface area contributed by atoms with Crippen LogP contribution in [0.4, 0.5) is 5.69 Å². The summed E-state index contributed by atoms with van der Waals surface area (Å²) in [6.45, 7) is 2.15. The molecule has 2 N–H and O–H groups in total. The monoisotopic (exact) mass is 310 g/mol. The molecule has 0 fully saturated rings. The summed E-state index contributed by atoms with van der Waals surface area (Å²) in [5, 5.41) is 15.7. The first-order valence-electron chi connectivity index (χ1n) is 6.22. The molecule has 0 aliphatic rings. The van der Waals surface area contributed by atoms with E-state index in [1.54, 1.807) is 30.8 Å². The molecule has 112 valence electrons. The molecule has 0 bridgehead atoms. The summed E-state index contributed by atoms with van der Waals surface area (Å²) < 4.78 is 7.15. The number of aromatic nitrogens is 2. The second kappa shape index (κ2) is 6.11. The third-order valence-corrected chi connectivity index (χ3v) is 3.57. The molecule has 21 heavy (non-hydrogen) atoms. The predicted octanol–water partition coefficient (Wildman–Crippen LogP) is 2.33. The largest absolute Gasteiger partial charge is 0.480 e. The van der Waals surface area contributed by atoms with Gasteiger partial charge in [-0.2, -0.15) is 5.10 Å². The molecule has 0 atom stereocenters. The van der Waals surface area contributed by atoms with Crippen LogP contribution in [0.2, 0.25) is 5.02 Å². The van der Waals surface area contributed by atoms with Gasteiger partial charge in [-0.3, -0.25) is 14.8 Å². The van der Waals surface area contributed by atoms with Gasteiger partial charge in [-0.1, -0.05) is 17.7 Å². The van der Waals surface area contributed by atoms with E-state index in [0.29, 0.717) is 16.4 Å². The van der Waals surface area contributed by atoms with E-state index in [1.807, 2.05) is 0 Å². The first kappa shape index (κ1) is 15.3. The Labute approximate surface area is 126 Å². The van der Waals surface area contributed by atoms with Crippen LogP contribution in [0.3, 0.4) is 0 Å². The van der Waals surface area contributed by atoms with Crippen LogP contribution in [0.1, 0.15) is 17.0 Å². The van der Waals surface area contributed by atoms with Gasteiger partial charge < -0.3 is 10.5 Å². The molecule has 8 heteroatoms. The molecule has 0 radical (unpaired) electrons. The van der Waals surface area contributed by atoms with E-state index in [9.17, 15) is 10.1 Å². The van der Waals surface area contributed by atoms with Crippen LogP contribution in [0.25, 0.3) is 0 Å². The van der Waals surface area contributed by atoms with E-state index < -0.39 is 4.92 Å². The molecular formula is C13H15ClN4O3. The second-order valence-electron chi connectivity index (χ2n) is 4.52. The van der Waals surface area contributed by atoms with Crippen molar-refractivity contribution in [2.45, 2.75) is 20.1 Å². The summed E-state index contributed by atoms with van der Waals surface area (Å²) >= 11 is 6.12. The van der Waals surface area contributed by atoms with E-state index in [2.05, 4.69) is 5.10 Å². The molecule has 2 rings (SSSR count). The lowest BCUT2D eigenvalue weighted by Crippen LogP contribution is -2.06. The lowest BCUT2D eigenvalue weighted by atomic mass is 10.2. The summed E-state index contributed by atoms with van der Waals surface area (Å²) in [5.41, 5.74) is 7.52. The van der Waals surface area contributed by atoms with Crippen LogP contribution in [0.5, 0.6) is 5.75 Å². The number of hydrogen-bond acceptors (Lipinski definition) is 5. The molecule has 0 aliphatic heterocycles. The molecule has 0 aliphatic carbocycles. The van der Waals surface area contributed by atoms with Crippen molar-refractivity contribution >= 4 is 17.3 Å². The minimum absolute atomic E-state index is 0.0883. The topological polar surface area (TPSA) is 96.2 Å². The van der Waals surface area contributed by atoms with Gasteiger partial charge in [-0.15, -0.1) is 0 Å². The number of rotatable bonds is 5. The number of halogens is 1. The number of hydrogen-bond donors (Lipinski definition) is 1. The summed E-state index contributed by atoms with van der Waals surface area (Å²) in [7, 11) is 1.74. The standard InChI is InChI=1S/C13H15ClN4O3/c1-8-13(14)11(17(2)16-8)7-21-12-5-9(6-15)3-4-10(12)18(19)20/h3-5H,6-7,15H2,1-2H3. The molecule has 1 heterocycles. The van der Waals surface area contributed by atoms with Crippen molar-refractivity contribution in [2.75, 3.05) is 0 Å². The minimum Gasteiger partial charge on any atom is -0.480 e. The average molecular weight is 311 g/mol. The SMILES string of the molecule is Cc1nn(C)c(COc2cc(CN)ccc2[N+](=O)[O-])c1Cl. The number of benzene rings is 1. The Morgan fingerprint density at radius 2 is 2.24 bits per heavy atom. The van der Waals surface area contributed by atoms with Crippen molar-refractivity contribution in [3.8, 4) is 5.75 Å². The molecule has 0 saturated carbocycles. The van der Waals surface area contributed by atoms with Gasteiger partial charge in [0.2, 0.25) is 0 Å². The van der Waals surface area contributed by atoms with Gasteiger partial charge in [0, 0.05) is 19.7 Å². The Morgan fingerprint density at radius 1 is 1.52 bits per heavy atom. The second-order valence-corrected chi connectivity index (χ2v) is 4.90. The van der Waals surface area contributed by atoms with Crippen molar-refractivity contribution in [1.29, 1.82) is 0 Å². The maximum Gasteiger partial charge on any atom is 0.310 e. The first-order chi connectivity index (χ1) is 9.93. The number of ether oxygens (including phenoxy) is 1. The van der Waals surface area contributed by atoms with E-state index in [4.69, 9.17) is 22.1 Å². The highest BCUT2D eigenvalue weighted by molar-refractivity contribution is 6.31. The molecule has 0 amide bonds. The smallest absolute Gasteiger partial charge is 0.310 e. The maximum atomic E-state index is 11.0. The number of aryl methyl sites for hydroxylation is 2. The summed E-state index contributed by atoms with van der Waals surface area (Å²) in [6.07, 6.45) is 0. The fourth-order valence-electron chi connectivity index (χ4n) is 1.93. The zero-order chi connectivity index (χ0) is 15.6. The predicted molar refractivity (Wildman–Crippen MR) is 78.3 cm³/mol. The zero-order valence-corrected chi connectivity index (χ0v) is 12.4. The van der Waals surface area contributed by atoms with Gasteiger partial charge in [0.05, 0.1) is 21.3 Å². The van der Waals surface area contributed by atoms with E-state index >= 15 is 0 Å². The van der Waals surface area contributed by atoms with Crippen LogP contribution in [-0.4, -0.2) is 14.7 Å². The third kappa shape index (κ3) is 3.14. The average Bonchev–Trinajstić information content (AvgIpc) is 2.69. The van der Waals surface area contributed by atoms with Crippen molar-refractivity contribution in [1.82, 2.24) is 9.78 Å². The first-order valence-corrected chi connectivity index (χ1v) is 6.60. The molecular weight excluding hydrogens is 296 g/mol. The van der Waals surface area contributed by atoms with Crippen LogP contribution >= 0.6 is 11.6 Å². The molecule has 0 unspecified atom stereocenters. The number of nitro groups is 1. The minimum atomic E-state index is -0.494. The van der Waals surface area contributed by atoms with Crippen LogP contribution < -0.4 is 10.5 Å². The van der Waals surface area contributed by atoms with Gasteiger partial charge in [-0.25, -0.2) is 0 Å². The fourth-order valence-corrected chi connectivity index (χ4v) is 2.15. The van der Waals surface area contributed by atoms with Crippen molar-refractivity contribution in [3.05, 3.63) is 50.3 Å². The van der Waals surface area contributed by atoms with Gasteiger partial charge in [0.15, 0.2) is 5.75 Å². The normalized spacial score (nSPS) is 10.7. The van der Waals surface area contributed by atoms with Gasteiger partial charge in [-0.05, 0) is 18.6 Å². The fraction of sp³-hybridized carbons (Fsp3) is 0.308. The highest BCUT2D eigenvalue weighted by atomic mass is 35.5. The Hall–Kier alpha value is -2.12. The molecule has 1 aromatic heterocycles. The summed E-state index contributed by atoms with van der Waals surface area (Å²) in [6, 6.07) is 4.55. The molecule has 0 saturated heterocycles. The number of nitrogens with zero attached hydrogens (tertiary/aromatic N) is 3. The summed E-state index contributed by atoms with van der Waals surface area (Å²) in [5.74, 6) is 0.165. The Kier molecular flexibility index (Phi) is 4.44. The Balaban J connectivity index is 2.28. The zero-order valence-electron chi connectivity index (χ0n) is 11.7. The number of nitrogens with two attached hydrogens (primary N) is 1. The Morgan fingerprint density at radius 3 is 2.76 bits per heavy atom. The highest BCUT2D eigenvalue weighted by Gasteiger charge is 2.18. The lowest BCUT2D eigenvalue weighted by molar-refractivity contribution is -0.386. The van der Waals surface area contributed by atoms with E-state index in [1.165, 1.54) is 6.07 Å². The maximum absolute atomic E-state index is 11.0. The van der Waals surface area contributed by atoms with Crippen LogP contribution in [0, 0.1) is 17.0 Å². The third-order valence-electron chi connectivity index (χ3n) is 3.08. The highest BCUT2D eigenvalue weighted by Crippen LogP contribution is 2.29. The molecule has 7 nitrogen and oxygen atoms in total. The molecule has 2 aromatic rings. The number of nitro benzene ring substituents is 1. The quantitative estimate of drug-likeness (QED) is 0.675.